The Labute approximate surface area is 202 Å². The van der Waals surface area contributed by atoms with E-state index in [0.29, 0.717) is 24.9 Å². The number of nitrogens with zero attached hydrogens (tertiary/aromatic N) is 1. The number of amides is 3. The highest BCUT2D eigenvalue weighted by molar-refractivity contribution is 7.80. The Morgan fingerprint density at radius 2 is 1.76 bits per heavy atom. The number of thiol groups is 1. The van der Waals surface area contributed by atoms with Gasteiger partial charge in [-0.15, -0.1) is 0 Å². The second kappa shape index (κ2) is 12.9. The van der Waals surface area contributed by atoms with Crippen molar-refractivity contribution in [3.05, 3.63) is 35.9 Å². The summed E-state index contributed by atoms with van der Waals surface area (Å²) in [6.45, 7) is 0.322. The quantitative estimate of drug-likeness (QED) is 0.208. The Kier molecular flexibility index (Phi) is 10.3. The fourth-order valence-electron chi connectivity index (χ4n) is 3.72. The lowest BCUT2D eigenvalue weighted by Crippen LogP contribution is -2.57. The molecule has 0 aliphatic carbocycles. The van der Waals surface area contributed by atoms with E-state index in [9.17, 15) is 29.1 Å². The van der Waals surface area contributed by atoms with E-state index in [4.69, 9.17) is 10.8 Å². The van der Waals surface area contributed by atoms with Gasteiger partial charge in [0.15, 0.2) is 0 Å². The first-order valence-corrected chi connectivity index (χ1v) is 11.5. The van der Waals surface area contributed by atoms with E-state index in [1.165, 1.54) is 4.90 Å². The van der Waals surface area contributed by atoms with Gasteiger partial charge in [-0.1, -0.05) is 30.3 Å². The molecule has 12 heteroatoms. The van der Waals surface area contributed by atoms with Gasteiger partial charge in [0.05, 0.1) is 6.04 Å². The summed E-state index contributed by atoms with van der Waals surface area (Å²) in [7, 11) is 0. The lowest BCUT2D eigenvalue weighted by molar-refractivity contribution is -0.143. The SMILES string of the molecule is NC(CS)C(=O)N1CCCC1C(=O)NC(CCC(=O)O)C(=O)NC(Cc1ccccc1)C(=O)O. The van der Waals surface area contributed by atoms with Crippen LogP contribution in [0.5, 0.6) is 0 Å². The Hall–Kier alpha value is -3.12. The molecule has 0 aromatic heterocycles. The highest BCUT2D eigenvalue weighted by Gasteiger charge is 2.37. The average molecular weight is 495 g/mol. The van der Waals surface area contributed by atoms with Crippen molar-refractivity contribution in [3.8, 4) is 0 Å². The van der Waals surface area contributed by atoms with Crippen LogP contribution in [0, 0.1) is 0 Å². The lowest BCUT2D eigenvalue weighted by atomic mass is 10.0. The molecular formula is C22H30N4O7S. The minimum atomic E-state index is -1.29. The zero-order valence-electron chi connectivity index (χ0n) is 18.6. The Balaban J connectivity index is 2.12. The highest BCUT2D eigenvalue weighted by atomic mass is 32.1. The van der Waals surface area contributed by atoms with E-state index in [2.05, 4.69) is 23.3 Å². The summed E-state index contributed by atoms with van der Waals surface area (Å²) in [6, 6.07) is 4.36. The van der Waals surface area contributed by atoms with Crippen molar-refractivity contribution in [2.24, 2.45) is 5.73 Å². The molecule has 1 saturated heterocycles. The van der Waals surface area contributed by atoms with Crippen molar-refractivity contribution in [1.82, 2.24) is 15.5 Å². The monoisotopic (exact) mass is 494 g/mol. The maximum atomic E-state index is 12.9. The molecule has 2 rings (SSSR count). The van der Waals surface area contributed by atoms with E-state index in [0.717, 1.165) is 0 Å². The molecule has 1 heterocycles. The van der Waals surface area contributed by atoms with Gasteiger partial charge >= 0.3 is 11.9 Å². The minimum absolute atomic E-state index is 0.00797. The number of likely N-dealkylation sites (tertiary alicyclic amines) is 1. The van der Waals surface area contributed by atoms with Crippen molar-refractivity contribution in [2.45, 2.75) is 56.3 Å². The number of carbonyl (C=O) groups excluding carboxylic acids is 3. The third-order valence-electron chi connectivity index (χ3n) is 5.53. The Bertz CT molecular complexity index is 898. The number of rotatable bonds is 12. The van der Waals surface area contributed by atoms with Crippen LogP contribution < -0.4 is 16.4 Å². The molecule has 0 bridgehead atoms. The molecule has 4 unspecified atom stereocenters. The Morgan fingerprint density at radius 3 is 2.35 bits per heavy atom. The van der Waals surface area contributed by atoms with Crippen LogP contribution in [0.25, 0.3) is 0 Å². The number of nitrogens with one attached hydrogen (secondary N) is 2. The minimum Gasteiger partial charge on any atom is -0.481 e. The predicted molar refractivity (Wildman–Crippen MR) is 125 cm³/mol. The Morgan fingerprint density at radius 1 is 1.09 bits per heavy atom. The van der Waals surface area contributed by atoms with E-state index in [-0.39, 0.29) is 18.6 Å². The van der Waals surface area contributed by atoms with Gasteiger partial charge in [-0.25, -0.2) is 4.79 Å². The topological polar surface area (TPSA) is 179 Å². The predicted octanol–water partition coefficient (Wildman–Crippen LogP) is -0.604. The molecule has 34 heavy (non-hydrogen) atoms. The normalized spacial score (nSPS) is 17.9. The van der Waals surface area contributed by atoms with Gasteiger partial charge in [-0.3, -0.25) is 19.2 Å². The van der Waals surface area contributed by atoms with Gasteiger partial charge in [0.25, 0.3) is 0 Å². The van der Waals surface area contributed by atoms with Gasteiger partial charge in [-0.05, 0) is 24.8 Å². The zero-order chi connectivity index (χ0) is 25.3. The summed E-state index contributed by atoms with van der Waals surface area (Å²) >= 11 is 4.01. The molecule has 1 aromatic rings. The van der Waals surface area contributed by atoms with Crippen molar-refractivity contribution < 1.29 is 34.2 Å². The molecular weight excluding hydrogens is 464 g/mol. The molecule has 0 radical (unpaired) electrons. The number of hydrogen-bond donors (Lipinski definition) is 6. The van der Waals surface area contributed by atoms with Gasteiger partial charge in [0.1, 0.15) is 18.1 Å². The molecule has 1 aliphatic heterocycles. The largest absolute Gasteiger partial charge is 0.481 e. The van der Waals surface area contributed by atoms with Crippen molar-refractivity contribution in [2.75, 3.05) is 12.3 Å². The molecule has 4 atom stereocenters. The number of hydrogen-bond acceptors (Lipinski definition) is 7. The molecule has 1 fully saturated rings. The maximum Gasteiger partial charge on any atom is 0.326 e. The summed E-state index contributed by atoms with van der Waals surface area (Å²) in [4.78, 5) is 62.4. The third-order valence-corrected chi connectivity index (χ3v) is 5.92. The van der Waals surface area contributed by atoms with Gasteiger partial charge in [-0.2, -0.15) is 12.6 Å². The zero-order valence-corrected chi connectivity index (χ0v) is 19.4. The van der Waals surface area contributed by atoms with Gasteiger partial charge in [0, 0.05) is 25.1 Å². The van der Waals surface area contributed by atoms with Crippen LogP contribution in [0.4, 0.5) is 0 Å². The van der Waals surface area contributed by atoms with E-state index in [1.807, 2.05) is 0 Å². The first-order chi connectivity index (χ1) is 16.1. The van der Waals surface area contributed by atoms with Crippen LogP contribution in [0.2, 0.25) is 0 Å². The van der Waals surface area contributed by atoms with Crippen LogP contribution in [0.15, 0.2) is 30.3 Å². The molecule has 3 amide bonds. The summed E-state index contributed by atoms with van der Waals surface area (Å²) in [5, 5.41) is 23.5. The summed E-state index contributed by atoms with van der Waals surface area (Å²) in [5.41, 5.74) is 6.43. The number of carboxylic acid groups (broad SMARTS) is 2. The van der Waals surface area contributed by atoms with Crippen LogP contribution >= 0.6 is 12.6 Å². The van der Waals surface area contributed by atoms with E-state index in [1.54, 1.807) is 30.3 Å². The summed E-state index contributed by atoms with van der Waals surface area (Å²) < 4.78 is 0. The van der Waals surface area contributed by atoms with Crippen LogP contribution in [-0.4, -0.2) is 81.2 Å². The fraction of sp³-hybridized carbons (Fsp3) is 0.500. The van der Waals surface area contributed by atoms with Gasteiger partial charge < -0.3 is 31.5 Å². The lowest BCUT2D eigenvalue weighted by Gasteiger charge is -2.28. The molecule has 0 saturated carbocycles. The molecule has 0 spiro atoms. The van der Waals surface area contributed by atoms with Crippen LogP contribution in [0.1, 0.15) is 31.2 Å². The van der Waals surface area contributed by atoms with Crippen LogP contribution in [0.3, 0.4) is 0 Å². The van der Waals surface area contributed by atoms with Crippen LogP contribution in [-0.2, 0) is 30.4 Å². The van der Waals surface area contributed by atoms with E-state index < -0.39 is 60.2 Å². The third kappa shape index (κ3) is 7.73. The summed E-state index contributed by atoms with van der Waals surface area (Å²) in [5.74, 6) is -4.23. The highest BCUT2D eigenvalue weighted by Crippen LogP contribution is 2.19. The molecule has 186 valence electrons. The van der Waals surface area contributed by atoms with Gasteiger partial charge in [0.2, 0.25) is 17.7 Å². The maximum absolute atomic E-state index is 12.9. The number of aliphatic carboxylic acids is 2. The first kappa shape index (κ1) is 27.1. The second-order valence-electron chi connectivity index (χ2n) is 8.06. The van der Waals surface area contributed by atoms with Crippen molar-refractivity contribution >= 4 is 42.3 Å². The van der Waals surface area contributed by atoms with E-state index >= 15 is 0 Å². The summed E-state index contributed by atoms with van der Waals surface area (Å²) in [6.07, 6.45) is 0.255. The van der Waals surface area contributed by atoms with Crippen molar-refractivity contribution in [3.63, 3.8) is 0 Å². The molecule has 11 nitrogen and oxygen atoms in total. The fourth-order valence-corrected chi connectivity index (χ4v) is 3.88. The molecule has 6 N–H and O–H groups in total. The van der Waals surface area contributed by atoms with Crippen molar-refractivity contribution in [1.29, 1.82) is 0 Å². The number of carboxylic acids is 2. The smallest absolute Gasteiger partial charge is 0.326 e. The molecule has 1 aromatic carbocycles. The average Bonchev–Trinajstić information content (AvgIpc) is 3.30. The number of nitrogens with two attached hydrogens (primary N) is 1. The molecule has 1 aliphatic rings. The first-order valence-electron chi connectivity index (χ1n) is 10.9. The second-order valence-corrected chi connectivity index (χ2v) is 8.43. The number of carbonyl (C=O) groups is 5. The standard InChI is InChI=1S/C22H30N4O7S/c23-14(12-34)21(31)26-10-4-7-17(26)20(30)24-15(8-9-18(27)28)19(29)25-16(22(32)33)11-13-5-2-1-3-6-13/h1-3,5-6,14-17,34H,4,7-12,23H2,(H,24,30)(H,25,29)(H,27,28)(H,32,33). The number of benzene rings is 1.